The number of hydrogen-bond acceptors (Lipinski definition) is 3. The minimum atomic E-state index is -0.0481. The molecule has 0 fully saturated rings. The molecule has 4 heteroatoms. The fourth-order valence-corrected chi connectivity index (χ4v) is 1.99. The summed E-state index contributed by atoms with van der Waals surface area (Å²) in [6, 6.07) is 7.62. The van der Waals surface area contributed by atoms with Crippen LogP contribution in [-0.2, 0) is 4.79 Å². The average Bonchev–Trinajstić information content (AvgIpc) is 2.38. The second kappa shape index (κ2) is 7.79. The molecule has 0 aliphatic rings. The Morgan fingerprint density at radius 3 is 2.53 bits per heavy atom. The van der Waals surface area contributed by atoms with Crippen molar-refractivity contribution >= 4 is 5.91 Å². The van der Waals surface area contributed by atoms with Crippen LogP contribution in [-0.4, -0.2) is 19.1 Å². The number of carbonyl (C=O) groups excluding carboxylic acids is 1. The molecule has 0 saturated heterocycles. The summed E-state index contributed by atoms with van der Waals surface area (Å²) in [4.78, 5) is 11.8. The highest BCUT2D eigenvalue weighted by Crippen LogP contribution is 2.17. The number of amides is 1. The highest BCUT2D eigenvalue weighted by atomic mass is 16.5. The molecule has 1 amide bonds. The normalized spacial score (nSPS) is 13.7. The van der Waals surface area contributed by atoms with Gasteiger partial charge in [-0.1, -0.05) is 25.5 Å². The summed E-state index contributed by atoms with van der Waals surface area (Å²) < 4.78 is 5.11. The van der Waals surface area contributed by atoms with E-state index < -0.39 is 0 Å². The van der Waals surface area contributed by atoms with Crippen LogP contribution in [0, 0.1) is 0 Å². The second-order valence-corrected chi connectivity index (χ2v) is 4.82. The molecular formula is C15H24N2O2. The van der Waals surface area contributed by atoms with E-state index in [0.717, 1.165) is 24.2 Å². The second-order valence-electron chi connectivity index (χ2n) is 4.82. The van der Waals surface area contributed by atoms with Crippen LogP contribution in [0.15, 0.2) is 24.3 Å². The fraction of sp³-hybridized carbons (Fsp3) is 0.533. The summed E-state index contributed by atoms with van der Waals surface area (Å²) >= 11 is 0. The number of benzene rings is 1. The van der Waals surface area contributed by atoms with E-state index >= 15 is 0 Å². The third-order valence-electron chi connectivity index (χ3n) is 3.10. The van der Waals surface area contributed by atoms with Crippen LogP contribution >= 0.6 is 0 Å². The largest absolute Gasteiger partial charge is 0.497 e. The van der Waals surface area contributed by atoms with E-state index in [-0.39, 0.29) is 18.0 Å². The van der Waals surface area contributed by atoms with Crippen LogP contribution < -0.4 is 15.8 Å². The monoisotopic (exact) mass is 264 g/mol. The first-order valence-electron chi connectivity index (χ1n) is 6.75. The molecule has 4 nitrogen and oxygen atoms in total. The molecule has 1 aromatic rings. The van der Waals surface area contributed by atoms with Gasteiger partial charge in [-0.15, -0.1) is 0 Å². The van der Waals surface area contributed by atoms with Gasteiger partial charge in [-0.05, 0) is 31.0 Å². The quantitative estimate of drug-likeness (QED) is 0.794. The Morgan fingerprint density at radius 2 is 2.00 bits per heavy atom. The summed E-state index contributed by atoms with van der Waals surface area (Å²) in [7, 11) is 1.63. The average molecular weight is 264 g/mol. The van der Waals surface area contributed by atoms with Crippen LogP contribution in [0.4, 0.5) is 0 Å². The molecule has 1 aromatic carbocycles. The molecule has 1 unspecified atom stereocenters. The first kappa shape index (κ1) is 15.5. The summed E-state index contributed by atoms with van der Waals surface area (Å²) in [5.74, 6) is 0.816. The van der Waals surface area contributed by atoms with Crippen molar-refractivity contribution < 1.29 is 9.53 Å². The third kappa shape index (κ3) is 5.30. The zero-order chi connectivity index (χ0) is 14.3. The van der Waals surface area contributed by atoms with Crippen LogP contribution in [0.2, 0.25) is 0 Å². The van der Waals surface area contributed by atoms with Gasteiger partial charge in [0, 0.05) is 12.5 Å². The van der Waals surface area contributed by atoms with Crippen molar-refractivity contribution in [1.29, 1.82) is 0 Å². The molecule has 0 aromatic heterocycles. The Labute approximate surface area is 115 Å². The van der Waals surface area contributed by atoms with Gasteiger partial charge in [-0.25, -0.2) is 0 Å². The van der Waals surface area contributed by atoms with Gasteiger partial charge in [0.05, 0.1) is 13.2 Å². The maximum atomic E-state index is 11.8. The molecule has 0 heterocycles. The maximum Gasteiger partial charge on any atom is 0.222 e. The van der Waals surface area contributed by atoms with Crippen molar-refractivity contribution in [3.05, 3.63) is 29.8 Å². The molecule has 0 spiro atoms. The van der Waals surface area contributed by atoms with E-state index in [1.165, 1.54) is 0 Å². The van der Waals surface area contributed by atoms with Gasteiger partial charge in [0.2, 0.25) is 5.91 Å². The number of rotatable bonds is 7. The van der Waals surface area contributed by atoms with Crippen LogP contribution in [0.3, 0.4) is 0 Å². The SMILES string of the molecule is CCCC(N)CC(=O)N[C@H](C)c1ccc(OC)cc1. The number of methoxy groups -OCH3 is 1. The minimum Gasteiger partial charge on any atom is -0.497 e. The standard InChI is InChI=1S/C15H24N2O2/c1-4-5-13(16)10-15(18)17-11(2)12-6-8-14(19-3)9-7-12/h6-9,11,13H,4-5,10,16H2,1-3H3,(H,17,18)/t11-,13?/m1/s1. The summed E-state index contributed by atoms with van der Waals surface area (Å²) in [5.41, 5.74) is 6.91. The zero-order valence-electron chi connectivity index (χ0n) is 12.0. The maximum absolute atomic E-state index is 11.8. The summed E-state index contributed by atoms with van der Waals surface area (Å²) in [5, 5.41) is 2.96. The van der Waals surface area contributed by atoms with Gasteiger partial charge < -0.3 is 15.8 Å². The van der Waals surface area contributed by atoms with E-state index in [1.807, 2.05) is 31.2 Å². The number of hydrogen-bond donors (Lipinski definition) is 2. The molecule has 19 heavy (non-hydrogen) atoms. The lowest BCUT2D eigenvalue weighted by Crippen LogP contribution is -2.33. The molecule has 0 aliphatic heterocycles. The predicted molar refractivity (Wildman–Crippen MR) is 77.1 cm³/mol. The van der Waals surface area contributed by atoms with Crippen molar-refractivity contribution in [2.75, 3.05) is 7.11 Å². The molecule has 0 aliphatic carbocycles. The molecule has 0 bridgehead atoms. The van der Waals surface area contributed by atoms with Gasteiger partial charge in [0.25, 0.3) is 0 Å². The Morgan fingerprint density at radius 1 is 1.37 bits per heavy atom. The summed E-state index contributed by atoms with van der Waals surface area (Å²) in [6.45, 7) is 4.03. The van der Waals surface area contributed by atoms with Crippen molar-refractivity contribution in [3.8, 4) is 5.75 Å². The predicted octanol–water partition coefficient (Wildman–Crippen LogP) is 2.39. The van der Waals surface area contributed by atoms with Crippen molar-refractivity contribution in [2.24, 2.45) is 5.73 Å². The molecule has 0 saturated carbocycles. The van der Waals surface area contributed by atoms with Gasteiger partial charge in [-0.3, -0.25) is 4.79 Å². The lowest BCUT2D eigenvalue weighted by Gasteiger charge is -2.16. The summed E-state index contributed by atoms with van der Waals surface area (Å²) in [6.07, 6.45) is 2.27. The Bertz CT molecular complexity index is 390. The number of ether oxygens (including phenoxy) is 1. The van der Waals surface area contributed by atoms with Gasteiger partial charge in [0.15, 0.2) is 0 Å². The molecular weight excluding hydrogens is 240 g/mol. The Balaban J connectivity index is 2.48. The Hall–Kier alpha value is -1.55. The molecule has 0 radical (unpaired) electrons. The first-order chi connectivity index (χ1) is 9.06. The lowest BCUT2D eigenvalue weighted by atomic mass is 10.1. The van der Waals surface area contributed by atoms with E-state index in [4.69, 9.17) is 10.5 Å². The lowest BCUT2D eigenvalue weighted by molar-refractivity contribution is -0.122. The Kier molecular flexibility index (Phi) is 6.36. The van der Waals surface area contributed by atoms with Gasteiger partial charge >= 0.3 is 0 Å². The smallest absolute Gasteiger partial charge is 0.222 e. The van der Waals surface area contributed by atoms with Gasteiger partial charge in [-0.2, -0.15) is 0 Å². The van der Waals surface area contributed by atoms with E-state index in [2.05, 4.69) is 12.2 Å². The fourth-order valence-electron chi connectivity index (χ4n) is 1.99. The third-order valence-corrected chi connectivity index (χ3v) is 3.10. The highest BCUT2D eigenvalue weighted by Gasteiger charge is 2.12. The van der Waals surface area contributed by atoms with E-state index in [1.54, 1.807) is 7.11 Å². The zero-order valence-corrected chi connectivity index (χ0v) is 12.0. The van der Waals surface area contributed by atoms with Crippen molar-refractivity contribution in [1.82, 2.24) is 5.32 Å². The van der Waals surface area contributed by atoms with Crippen LogP contribution in [0.5, 0.6) is 5.75 Å². The topological polar surface area (TPSA) is 64.4 Å². The van der Waals surface area contributed by atoms with Crippen molar-refractivity contribution in [2.45, 2.75) is 45.2 Å². The van der Waals surface area contributed by atoms with E-state index in [0.29, 0.717) is 6.42 Å². The number of carbonyl (C=O) groups is 1. The van der Waals surface area contributed by atoms with Crippen LogP contribution in [0.1, 0.15) is 44.7 Å². The van der Waals surface area contributed by atoms with Gasteiger partial charge in [0.1, 0.15) is 5.75 Å². The molecule has 3 N–H and O–H groups in total. The molecule has 1 rings (SSSR count). The molecule has 2 atom stereocenters. The van der Waals surface area contributed by atoms with Crippen molar-refractivity contribution in [3.63, 3.8) is 0 Å². The first-order valence-corrected chi connectivity index (χ1v) is 6.75. The molecule has 106 valence electrons. The number of nitrogens with one attached hydrogen (secondary N) is 1. The highest BCUT2D eigenvalue weighted by molar-refractivity contribution is 5.77. The van der Waals surface area contributed by atoms with Crippen LogP contribution in [0.25, 0.3) is 0 Å². The minimum absolute atomic E-state index is 0.00395. The number of nitrogens with two attached hydrogens (primary N) is 1. The van der Waals surface area contributed by atoms with E-state index in [9.17, 15) is 4.79 Å².